The molecule has 21 heavy (non-hydrogen) atoms. The Bertz CT molecular complexity index is 733. The fourth-order valence-corrected chi connectivity index (χ4v) is 3.80. The van der Waals surface area contributed by atoms with Crippen LogP contribution in [0.25, 0.3) is 4.96 Å². The van der Waals surface area contributed by atoms with Gasteiger partial charge in [-0.3, -0.25) is 4.40 Å². The highest BCUT2D eigenvalue weighted by Gasteiger charge is 2.16. The van der Waals surface area contributed by atoms with Crippen LogP contribution in [0.4, 0.5) is 4.39 Å². The summed E-state index contributed by atoms with van der Waals surface area (Å²) in [5, 5.41) is 2.98. The van der Waals surface area contributed by atoms with Crippen LogP contribution in [0.1, 0.15) is 19.0 Å². The quantitative estimate of drug-likeness (QED) is 0.773. The summed E-state index contributed by atoms with van der Waals surface area (Å²) in [6.45, 7) is 2.09. The number of hydrogen-bond acceptors (Lipinski definition) is 4. The van der Waals surface area contributed by atoms with Gasteiger partial charge in [-0.05, 0) is 30.7 Å². The zero-order valence-electron chi connectivity index (χ0n) is 11.6. The van der Waals surface area contributed by atoms with E-state index >= 15 is 0 Å². The first-order valence-electron chi connectivity index (χ1n) is 6.80. The summed E-state index contributed by atoms with van der Waals surface area (Å²) in [5.74, 6) is -0.224. The third-order valence-electron chi connectivity index (χ3n) is 3.33. The van der Waals surface area contributed by atoms with Crippen LogP contribution in [0.5, 0.6) is 0 Å². The molecule has 1 atom stereocenters. The molecule has 0 fully saturated rings. The van der Waals surface area contributed by atoms with E-state index < -0.39 is 0 Å². The molecule has 3 nitrogen and oxygen atoms in total. The Labute approximate surface area is 131 Å². The number of imidazole rings is 1. The lowest BCUT2D eigenvalue weighted by Gasteiger charge is -2.09. The largest absolute Gasteiger partial charge is 0.327 e. The second kappa shape index (κ2) is 6.17. The van der Waals surface area contributed by atoms with Crippen molar-refractivity contribution < 1.29 is 4.39 Å². The van der Waals surface area contributed by atoms with Gasteiger partial charge in [0, 0.05) is 28.9 Å². The van der Waals surface area contributed by atoms with Crippen molar-refractivity contribution in [2.45, 2.75) is 35.7 Å². The number of thiazole rings is 1. The van der Waals surface area contributed by atoms with Crippen molar-refractivity contribution in [2.75, 3.05) is 0 Å². The Morgan fingerprint density at radius 2 is 2.14 bits per heavy atom. The molecule has 0 radical (unpaired) electrons. The summed E-state index contributed by atoms with van der Waals surface area (Å²) in [6.07, 6.45) is 3.75. The molecule has 0 aliphatic carbocycles. The molecule has 0 saturated carbocycles. The van der Waals surface area contributed by atoms with Crippen LogP contribution < -0.4 is 5.73 Å². The molecule has 1 aromatic carbocycles. The van der Waals surface area contributed by atoms with E-state index in [2.05, 4.69) is 16.3 Å². The molecule has 2 N–H and O–H groups in total. The van der Waals surface area contributed by atoms with Crippen molar-refractivity contribution in [1.29, 1.82) is 0 Å². The number of rotatable bonds is 5. The molecule has 2 aromatic heterocycles. The summed E-state index contributed by atoms with van der Waals surface area (Å²) < 4.78 is 15.1. The highest BCUT2D eigenvalue weighted by molar-refractivity contribution is 7.99. The van der Waals surface area contributed by atoms with E-state index in [0.29, 0.717) is 0 Å². The van der Waals surface area contributed by atoms with E-state index in [1.165, 1.54) is 12.1 Å². The summed E-state index contributed by atoms with van der Waals surface area (Å²) in [6, 6.07) is 6.61. The molecule has 1 unspecified atom stereocenters. The smallest absolute Gasteiger partial charge is 0.194 e. The van der Waals surface area contributed by atoms with E-state index in [-0.39, 0.29) is 11.9 Å². The standard InChI is InChI=1S/C15H16FN3S2/c1-2-11(17)9-13-14(18-15-19(13)7-8-20-15)21-12-5-3-10(16)4-6-12/h3-8,11H,2,9,17H2,1H3. The highest BCUT2D eigenvalue weighted by Crippen LogP contribution is 2.32. The minimum absolute atomic E-state index is 0.123. The van der Waals surface area contributed by atoms with Crippen molar-refractivity contribution in [1.82, 2.24) is 9.38 Å². The van der Waals surface area contributed by atoms with Gasteiger partial charge in [-0.2, -0.15) is 0 Å². The number of nitrogens with two attached hydrogens (primary N) is 1. The first-order chi connectivity index (χ1) is 10.2. The second-order valence-electron chi connectivity index (χ2n) is 4.85. The minimum Gasteiger partial charge on any atom is -0.327 e. The Kier molecular flexibility index (Phi) is 4.28. The fraction of sp³-hybridized carbons (Fsp3) is 0.267. The number of nitrogens with zero attached hydrogens (tertiary/aromatic N) is 2. The predicted octanol–water partition coefficient (Wildman–Crippen LogP) is 3.97. The van der Waals surface area contributed by atoms with Crippen LogP contribution in [0.2, 0.25) is 0 Å². The van der Waals surface area contributed by atoms with Crippen molar-refractivity contribution in [3.63, 3.8) is 0 Å². The summed E-state index contributed by atoms with van der Waals surface area (Å²) in [5.41, 5.74) is 7.24. The lowest BCUT2D eigenvalue weighted by atomic mass is 10.1. The van der Waals surface area contributed by atoms with Crippen molar-refractivity contribution in [3.8, 4) is 0 Å². The second-order valence-corrected chi connectivity index (χ2v) is 6.78. The van der Waals surface area contributed by atoms with Gasteiger partial charge < -0.3 is 5.73 Å². The van der Waals surface area contributed by atoms with Gasteiger partial charge in [0.1, 0.15) is 10.8 Å². The third kappa shape index (κ3) is 3.12. The molecule has 110 valence electrons. The number of hydrogen-bond donors (Lipinski definition) is 1. The maximum absolute atomic E-state index is 13.0. The molecule has 0 spiro atoms. The van der Waals surface area contributed by atoms with Crippen molar-refractivity contribution in [3.05, 3.63) is 47.4 Å². The van der Waals surface area contributed by atoms with Gasteiger partial charge in [0.05, 0.1) is 5.69 Å². The van der Waals surface area contributed by atoms with Crippen LogP contribution in [-0.2, 0) is 6.42 Å². The molecule has 0 aliphatic heterocycles. The van der Waals surface area contributed by atoms with Crippen LogP contribution in [-0.4, -0.2) is 15.4 Å². The monoisotopic (exact) mass is 321 g/mol. The number of aromatic nitrogens is 2. The Balaban J connectivity index is 1.94. The highest BCUT2D eigenvalue weighted by atomic mass is 32.2. The first kappa shape index (κ1) is 14.6. The topological polar surface area (TPSA) is 43.3 Å². The van der Waals surface area contributed by atoms with Gasteiger partial charge in [0.2, 0.25) is 0 Å². The molecule has 0 amide bonds. The summed E-state index contributed by atoms with van der Waals surface area (Å²) in [7, 11) is 0. The molecular weight excluding hydrogens is 305 g/mol. The maximum atomic E-state index is 13.0. The van der Waals surface area contributed by atoms with Crippen molar-refractivity contribution >= 4 is 28.1 Å². The lowest BCUT2D eigenvalue weighted by molar-refractivity contribution is 0.626. The minimum atomic E-state index is -0.224. The molecule has 0 aliphatic rings. The van der Waals surface area contributed by atoms with Crippen LogP contribution in [0.15, 0.2) is 45.8 Å². The van der Waals surface area contributed by atoms with Gasteiger partial charge in [0.25, 0.3) is 0 Å². The summed E-state index contributed by atoms with van der Waals surface area (Å²) >= 11 is 3.17. The van der Waals surface area contributed by atoms with E-state index in [9.17, 15) is 4.39 Å². The molecular formula is C15H16FN3S2. The average molecular weight is 321 g/mol. The van der Waals surface area contributed by atoms with E-state index in [4.69, 9.17) is 5.73 Å². The Hall–Kier alpha value is -1.37. The number of benzene rings is 1. The predicted molar refractivity (Wildman–Crippen MR) is 85.6 cm³/mol. The van der Waals surface area contributed by atoms with E-state index in [0.717, 1.165) is 33.4 Å². The van der Waals surface area contributed by atoms with Crippen LogP contribution in [0.3, 0.4) is 0 Å². The van der Waals surface area contributed by atoms with Gasteiger partial charge in [-0.25, -0.2) is 9.37 Å². The molecule has 2 heterocycles. The zero-order valence-corrected chi connectivity index (χ0v) is 13.3. The normalized spacial score (nSPS) is 12.9. The SMILES string of the molecule is CCC(N)Cc1c(Sc2ccc(F)cc2)nc2sccn12. The molecule has 3 rings (SSSR count). The van der Waals surface area contributed by atoms with E-state index in [1.54, 1.807) is 35.2 Å². The fourth-order valence-electron chi connectivity index (χ4n) is 2.09. The van der Waals surface area contributed by atoms with Crippen LogP contribution >= 0.6 is 23.1 Å². The van der Waals surface area contributed by atoms with Gasteiger partial charge >= 0.3 is 0 Å². The molecule has 3 aromatic rings. The van der Waals surface area contributed by atoms with E-state index in [1.807, 2.05) is 11.6 Å². The average Bonchev–Trinajstić information content (AvgIpc) is 3.04. The molecule has 6 heteroatoms. The van der Waals surface area contributed by atoms with Crippen LogP contribution in [0, 0.1) is 5.82 Å². The Morgan fingerprint density at radius 3 is 2.86 bits per heavy atom. The molecule has 0 bridgehead atoms. The first-order valence-corrected chi connectivity index (χ1v) is 8.50. The maximum Gasteiger partial charge on any atom is 0.194 e. The third-order valence-corrected chi connectivity index (χ3v) is 5.12. The van der Waals surface area contributed by atoms with Gasteiger partial charge in [-0.1, -0.05) is 18.7 Å². The van der Waals surface area contributed by atoms with Gasteiger partial charge in [-0.15, -0.1) is 11.3 Å². The zero-order chi connectivity index (χ0) is 14.8. The van der Waals surface area contributed by atoms with Gasteiger partial charge in [0.15, 0.2) is 4.96 Å². The molecule has 0 saturated heterocycles. The number of fused-ring (bicyclic) bond motifs is 1. The summed E-state index contributed by atoms with van der Waals surface area (Å²) in [4.78, 5) is 6.62. The lowest BCUT2D eigenvalue weighted by Crippen LogP contribution is -2.22. The Morgan fingerprint density at radius 1 is 1.38 bits per heavy atom. The van der Waals surface area contributed by atoms with Crippen molar-refractivity contribution in [2.24, 2.45) is 5.73 Å². The number of halogens is 1.